The molecule has 2 aromatic heterocycles. The Morgan fingerprint density at radius 3 is 2.82 bits per heavy atom. The molecule has 0 spiro atoms. The van der Waals surface area contributed by atoms with Crippen LogP contribution in [-0.2, 0) is 13.0 Å². The molecule has 2 rings (SSSR count). The van der Waals surface area contributed by atoms with Crippen LogP contribution in [0.3, 0.4) is 0 Å². The van der Waals surface area contributed by atoms with Crippen LogP contribution < -0.4 is 0 Å². The number of carbonyl (C=O) groups is 1. The van der Waals surface area contributed by atoms with Crippen molar-refractivity contribution >= 4 is 33.0 Å². The van der Waals surface area contributed by atoms with Gasteiger partial charge in [-0.15, -0.1) is 11.3 Å². The predicted octanol–water partition coefficient (Wildman–Crippen LogP) is 3.52. The van der Waals surface area contributed by atoms with Crippen LogP contribution in [0.1, 0.15) is 34.1 Å². The van der Waals surface area contributed by atoms with Crippen LogP contribution >= 0.6 is 27.3 Å². The molecule has 5 heteroatoms. The van der Waals surface area contributed by atoms with Gasteiger partial charge in [0.25, 0.3) is 0 Å². The van der Waals surface area contributed by atoms with E-state index in [0.717, 1.165) is 15.8 Å². The summed E-state index contributed by atoms with van der Waals surface area (Å²) < 4.78 is 2.48. The molecule has 0 aliphatic rings. The quantitative estimate of drug-likeness (QED) is 0.810. The van der Waals surface area contributed by atoms with Crippen molar-refractivity contribution in [3.8, 4) is 0 Å². The molecule has 0 unspecified atom stereocenters. The topological polar surface area (TPSA) is 34.9 Å². The fourth-order valence-corrected chi connectivity index (χ4v) is 3.00. The first-order chi connectivity index (χ1) is 8.17. The highest BCUT2D eigenvalue weighted by molar-refractivity contribution is 9.10. The lowest BCUT2D eigenvalue weighted by molar-refractivity contribution is 0.103. The molecule has 3 nitrogen and oxygen atoms in total. The molecule has 0 amide bonds. The summed E-state index contributed by atoms with van der Waals surface area (Å²) >= 11 is 4.94. The molecule has 0 fully saturated rings. The number of thiophene rings is 1. The Bertz CT molecular complexity index is 544. The maximum atomic E-state index is 12.4. The van der Waals surface area contributed by atoms with Crippen molar-refractivity contribution in [1.82, 2.24) is 9.78 Å². The van der Waals surface area contributed by atoms with Gasteiger partial charge in [0.05, 0.1) is 15.5 Å². The van der Waals surface area contributed by atoms with E-state index < -0.39 is 0 Å². The summed E-state index contributed by atoms with van der Waals surface area (Å²) in [5, 5.41) is 4.16. The van der Waals surface area contributed by atoms with E-state index in [1.807, 2.05) is 19.1 Å². The number of nitrogens with zero attached hydrogens (tertiary/aromatic N) is 2. The van der Waals surface area contributed by atoms with Crippen molar-refractivity contribution in [2.45, 2.75) is 26.8 Å². The molecule has 0 aromatic carbocycles. The summed E-state index contributed by atoms with van der Waals surface area (Å²) in [6.07, 6.45) is 2.64. The molecular formula is C12H13BrN2OS. The van der Waals surface area contributed by atoms with E-state index in [9.17, 15) is 4.79 Å². The molecule has 0 radical (unpaired) electrons. The number of aromatic nitrogens is 2. The van der Waals surface area contributed by atoms with Gasteiger partial charge >= 0.3 is 0 Å². The number of rotatable bonds is 4. The van der Waals surface area contributed by atoms with Crippen LogP contribution in [0.5, 0.6) is 0 Å². The zero-order chi connectivity index (χ0) is 12.4. The van der Waals surface area contributed by atoms with Crippen LogP contribution in [-0.4, -0.2) is 15.6 Å². The van der Waals surface area contributed by atoms with Gasteiger partial charge in [-0.05, 0) is 41.4 Å². The second-order valence-corrected chi connectivity index (χ2v) is 5.63. The highest BCUT2D eigenvalue weighted by atomic mass is 79.9. The lowest BCUT2D eigenvalue weighted by atomic mass is 10.2. The SMILES string of the molecule is CCc1ccc(C(=O)c2c(Br)cnn2CC)s1. The maximum Gasteiger partial charge on any atom is 0.222 e. The Morgan fingerprint density at radius 1 is 1.47 bits per heavy atom. The van der Waals surface area contributed by atoms with Gasteiger partial charge in [-0.25, -0.2) is 0 Å². The average Bonchev–Trinajstić information content (AvgIpc) is 2.94. The Labute approximate surface area is 113 Å². The van der Waals surface area contributed by atoms with Crippen molar-refractivity contribution in [3.05, 3.63) is 38.3 Å². The number of hydrogen-bond donors (Lipinski definition) is 0. The van der Waals surface area contributed by atoms with Crippen LogP contribution in [0.25, 0.3) is 0 Å². The van der Waals surface area contributed by atoms with Crippen molar-refractivity contribution in [3.63, 3.8) is 0 Å². The van der Waals surface area contributed by atoms with Gasteiger partial charge in [0, 0.05) is 11.4 Å². The van der Waals surface area contributed by atoms with Crippen LogP contribution in [0.15, 0.2) is 22.8 Å². The van der Waals surface area contributed by atoms with Gasteiger partial charge in [-0.2, -0.15) is 5.10 Å². The molecule has 0 bridgehead atoms. The van der Waals surface area contributed by atoms with Gasteiger partial charge in [-0.3, -0.25) is 9.48 Å². The highest BCUT2D eigenvalue weighted by Crippen LogP contribution is 2.24. The monoisotopic (exact) mass is 312 g/mol. The molecule has 0 N–H and O–H groups in total. The normalized spacial score (nSPS) is 10.8. The van der Waals surface area contributed by atoms with Crippen molar-refractivity contribution in [1.29, 1.82) is 0 Å². The third kappa shape index (κ3) is 2.35. The molecular weight excluding hydrogens is 300 g/mol. The smallest absolute Gasteiger partial charge is 0.222 e. The Kier molecular flexibility index (Phi) is 3.79. The third-order valence-electron chi connectivity index (χ3n) is 2.54. The maximum absolute atomic E-state index is 12.4. The first-order valence-corrected chi connectivity index (χ1v) is 7.13. The van der Waals surface area contributed by atoms with Crippen molar-refractivity contribution < 1.29 is 4.79 Å². The molecule has 0 saturated carbocycles. The van der Waals surface area contributed by atoms with E-state index in [1.54, 1.807) is 22.2 Å². The van der Waals surface area contributed by atoms with Gasteiger partial charge < -0.3 is 0 Å². The Balaban J connectivity index is 2.39. The fraction of sp³-hybridized carbons (Fsp3) is 0.333. The van der Waals surface area contributed by atoms with E-state index >= 15 is 0 Å². The van der Waals surface area contributed by atoms with Crippen LogP contribution in [0, 0.1) is 0 Å². The van der Waals surface area contributed by atoms with Gasteiger partial charge in [0.1, 0.15) is 5.69 Å². The number of aryl methyl sites for hydroxylation is 2. The second kappa shape index (κ2) is 5.14. The summed E-state index contributed by atoms with van der Waals surface area (Å²) in [7, 11) is 0. The molecule has 17 heavy (non-hydrogen) atoms. The molecule has 2 heterocycles. The highest BCUT2D eigenvalue weighted by Gasteiger charge is 2.19. The summed E-state index contributed by atoms with van der Waals surface area (Å²) in [4.78, 5) is 14.4. The van der Waals surface area contributed by atoms with E-state index in [0.29, 0.717) is 12.2 Å². The first kappa shape index (κ1) is 12.5. The fourth-order valence-electron chi connectivity index (χ4n) is 1.63. The largest absolute Gasteiger partial charge is 0.286 e. The molecule has 2 aromatic rings. The lowest BCUT2D eigenvalue weighted by Gasteiger charge is -2.02. The van der Waals surface area contributed by atoms with Crippen LogP contribution in [0.2, 0.25) is 0 Å². The average molecular weight is 313 g/mol. The number of hydrogen-bond acceptors (Lipinski definition) is 3. The zero-order valence-corrected chi connectivity index (χ0v) is 12.1. The van der Waals surface area contributed by atoms with Gasteiger partial charge in [0.2, 0.25) is 5.78 Å². The minimum absolute atomic E-state index is 0.0425. The molecule has 0 aliphatic heterocycles. The van der Waals surface area contributed by atoms with E-state index in [4.69, 9.17) is 0 Å². The number of ketones is 1. The Hall–Kier alpha value is -0.940. The standard InChI is InChI=1S/C12H13BrN2OS/c1-3-8-5-6-10(17-8)12(16)11-9(13)7-14-15(11)4-2/h5-7H,3-4H2,1-2H3. The molecule has 0 aliphatic carbocycles. The second-order valence-electron chi connectivity index (χ2n) is 3.61. The summed E-state index contributed by atoms with van der Waals surface area (Å²) in [6, 6.07) is 3.91. The zero-order valence-electron chi connectivity index (χ0n) is 9.74. The first-order valence-electron chi connectivity index (χ1n) is 5.52. The number of halogens is 1. The summed E-state index contributed by atoms with van der Waals surface area (Å²) in [5.41, 5.74) is 0.636. The van der Waals surface area contributed by atoms with E-state index in [-0.39, 0.29) is 5.78 Å². The third-order valence-corrected chi connectivity index (χ3v) is 4.35. The summed E-state index contributed by atoms with van der Waals surface area (Å²) in [6.45, 7) is 4.76. The van der Waals surface area contributed by atoms with E-state index in [2.05, 4.69) is 28.0 Å². The van der Waals surface area contributed by atoms with Gasteiger partial charge in [-0.1, -0.05) is 6.92 Å². The minimum atomic E-state index is 0.0425. The van der Waals surface area contributed by atoms with Crippen LogP contribution in [0.4, 0.5) is 0 Å². The minimum Gasteiger partial charge on any atom is -0.286 e. The molecule has 0 saturated heterocycles. The molecule has 0 atom stereocenters. The van der Waals surface area contributed by atoms with Crippen molar-refractivity contribution in [2.24, 2.45) is 0 Å². The lowest BCUT2D eigenvalue weighted by Crippen LogP contribution is -2.09. The van der Waals surface area contributed by atoms with E-state index in [1.165, 1.54) is 4.88 Å². The van der Waals surface area contributed by atoms with Crippen molar-refractivity contribution in [2.75, 3.05) is 0 Å². The van der Waals surface area contributed by atoms with Gasteiger partial charge in [0.15, 0.2) is 0 Å². The molecule has 90 valence electrons. The Morgan fingerprint density at radius 2 is 2.24 bits per heavy atom. The number of carbonyl (C=O) groups excluding carboxylic acids is 1. The predicted molar refractivity (Wildman–Crippen MR) is 72.7 cm³/mol. The summed E-state index contributed by atoms with van der Waals surface area (Å²) in [5.74, 6) is 0.0425.